The summed E-state index contributed by atoms with van der Waals surface area (Å²) < 4.78 is 38.3. The molecule has 0 aliphatic rings. The van der Waals surface area contributed by atoms with Gasteiger partial charge in [0.1, 0.15) is 12.4 Å². The summed E-state index contributed by atoms with van der Waals surface area (Å²) in [6.45, 7) is 0.129. The van der Waals surface area contributed by atoms with Gasteiger partial charge in [-0.25, -0.2) is 4.39 Å². The Kier molecular flexibility index (Phi) is 2.61. The van der Waals surface area contributed by atoms with Gasteiger partial charge in [0.2, 0.25) is 0 Å². The molecule has 0 aliphatic heterocycles. The van der Waals surface area contributed by atoms with Gasteiger partial charge in [-0.2, -0.15) is 8.78 Å². The molecule has 0 aromatic heterocycles. The van der Waals surface area contributed by atoms with Crippen molar-refractivity contribution in [1.29, 1.82) is 0 Å². The lowest BCUT2D eigenvalue weighted by atomic mass is 10.1. The lowest BCUT2D eigenvalue weighted by Gasteiger charge is -2.13. The second-order valence-electron chi connectivity index (χ2n) is 2.83. The molecule has 0 spiro atoms. The highest BCUT2D eigenvalue weighted by Gasteiger charge is 2.30. The fourth-order valence-electron chi connectivity index (χ4n) is 0.963. The maximum Gasteiger partial charge on any atom is 0.295 e. The maximum absolute atomic E-state index is 12.8. The molecule has 0 heterocycles. The average Bonchev–Trinajstić information content (AvgIpc) is 2.09. The largest absolute Gasteiger partial charge is 0.390 e. The van der Waals surface area contributed by atoms with Gasteiger partial charge < -0.3 is 5.11 Å². The van der Waals surface area contributed by atoms with Crippen molar-refractivity contribution in [1.82, 2.24) is 0 Å². The number of hydrogen-bond donors (Lipinski definition) is 1. The smallest absolute Gasteiger partial charge is 0.295 e. The van der Waals surface area contributed by atoms with E-state index in [1.807, 2.05) is 0 Å². The highest BCUT2D eigenvalue weighted by Crippen LogP contribution is 2.28. The molecule has 4 heteroatoms. The molecule has 72 valence electrons. The molecule has 0 saturated heterocycles. The van der Waals surface area contributed by atoms with Crippen LogP contribution >= 0.6 is 0 Å². The average molecular weight is 190 g/mol. The molecule has 1 rings (SSSR count). The molecule has 0 aliphatic carbocycles. The van der Waals surface area contributed by atoms with Gasteiger partial charge in [-0.15, -0.1) is 0 Å². The summed E-state index contributed by atoms with van der Waals surface area (Å²) in [5.41, 5.74) is -0.223. The Balaban J connectivity index is 3.10. The SMILES string of the molecule is Cc1cc(C(F)(F)CO)ccc1F. The normalized spacial score (nSPS) is 11.8. The summed E-state index contributed by atoms with van der Waals surface area (Å²) in [7, 11) is 0. The first kappa shape index (κ1) is 10.1. The Morgan fingerprint density at radius 1 is 1.38 bits per heavy atom. The highest BCUT2D eigenvalue weighted by atomic mass is 19.3. The first-order chi connectivity index (χ1) is 5.97. The summed E-state index contributed by atoms with van der Waals surface area (Å²) in [5, 5.41) is 8.36. The van der Waals surface area contributed by atoms with Gasteiger partial charge in [0.15, 0.2) is 0 Å². The molecule has 0 bridgehead atoms. The topological polar surface area (TPSA) is 20.2 Å². The van der Waals surface area contributed by atoms with Crippen molar-refractivity contribution in [2.24, 2.45) is 0 Å². The number of aryl methyl sites for hydroxylation is 1. The van der Waals surface area contributed by atoms with Crippen LogP contribution < -0.4 is 0 Å². The number of rotatable bonds is 2. The quantitative estimate of drug-likeness (QED) is 0.758. The molecule has 0 atom stereocenters. The van der Waals surface area contributed by atoms with Crippen molar-refractivity contribution in [3.05, 3.63) is 35.1 Å². The number of halogens is 3. The van der Waals surface area contributed by atoms with Gasteiger partial charge in [0.25, 0.3) is 5.92 Å². The molecule has 1 aromatic rings. The molecular formula is C9H9F3O. The molecule has 0 unspecified atom stereocenters. The van der Waals surface area contributed by atoms with Crippen molar-refractivity contribution in [3.63, 3.8) is 0 Å². The van der Waals surface area contributed by atoms with E-state index in [2.05, 4.69) is 0 Å². The van der Waals surface area contributed by atoms with Crippen molar-refractivity contribution in [2.75, 3.05) is 6.61 Å². The van der Waals surface area contributed by atoms with E-state index in [1.54, 1.807) is 0 Å². The minimum atomic E-state index is -3.29. The van der Waals surface area contributed by atoms with E-state index >= 15 is 0 Å². The Hall–Kier alpha value is -1.03. The van der Waals surface area contributed by atoms with Crippen LogP contribution in [-0.4, -0.2) is 11.7 Å². The fraction of sp³-hybridized carbons (Fsp3) is 0.333. The molecule has 0 fully saturated rings. The van der Waals surface area contributed by atoms with Crippen molar-refractivity contribution >= 4 is 0 Å². The third kappa shape index (κ3) is 2.01. The van der Waals surface area contributed by atoms with Crippen LogP contribution in [0.3, 0.4) is 0 Å². The van der Waals surface area contributed by atoms with Crippen molar-refractivity contribution < 1.29 is 18.3 Å². The van der Waals surface area contributed by atoms with Gasteiger partial charge in [-0.3, -0.25) is 0 Å². The van der Waals surface area contributed by atoms with Gasteiger partial charge in [0.05, 0.1) is 0 Å². The molecule has 1 nitrogen and oxygen atoms in total. The van der Waals surface area contributed by atoms with Crippen LogP contribution in [0.1, 0.15) is 11.1 Å². The molecule has 0 radical (unpaired) electrons. The van der Waals surface area contributed by atoms with Crippen molar-refractivity contribution in [2.45, 2.75) is 12.8 Å². The molecule has 1 aromatic carbocycles. The zero-order valence-corrected chi connectivity index (χ0v) is 7.02. The summed E-state index contributed by atoms with van der Waals surface area (Å²) in [6, 6.07) is 2.97. The molecule has 1 N–H and O–H groups in total. The fourth-order valence-corrected chi connectivity index (χ4v) is 0.963. The van der Waals surface area contributed by atoms with Crippen LogP contribution in [-0.2, 0) is 5.92 Å². The van der Waals surface area contributed by atoms with Gasteiger partial charge in [-0.05, 0) is 24.6 Å². The summed E-state index contributed by atoms with van der Waals surface area (Å²) in [5.74, 6) is -3.82. The lowest BCUT2D eigenvalue weighted by molar-refractivity contribution is -0.0557. The number of aliphatic hydroxyl groups is 1. The minimum Gasteiger partial charge on any atom is -0.390 e. The Morgan fingerprint density at radius 3 is 2.46 bits per heavy atom. The standard InChI is InChI=1S/C9H9F3O/c1-6-4-7(2-3-8(6)10)9(11,12)5-13/h2-4,13H,5H2,1H3. The highest BCUT2D eigenvalue weighted by molar-refractivity contribution is 5.27. The third-order valence-corrected chi connectivity index (χ3v) is 1.78. The number of hydrogen-bond acceptors (Lipinski definition) is 1. The summed E-state index contributed by atoms with van der Waals surface area (Å²) in [4.78, 5) is 0. The van der Waals surface area contributed by atoms with E-state index in [0.717, 1.165) is 18.2 Å². The molecular weight excluding hydrogens is 181 g/mol. The maximum atomic E-state index is 12.8. The van der Waals surface area contributed by atoms with Crippen LogP contribution in [0.25, 0.3) is 0 Å². The van der Waals surface area contributed by atoms with Crippen LogP contribution in [0.15, 0.2) is 18.2 Å². The van der Waals surface area contributed by atoms with Crippen molar-refractivity contribution in [3.8, 4) is 0 Å². The first-order valence-electron chi connectivity index (χ1n) is 3.72. The predicted octanol–water partition coefficient (Wildman–Crippen LogP) is 2.22. The number of alkyl halides is 2. The molecule has 13 heavy (non-hydrogen) atoms. The van der Waals surface area contributed by atoms with Gasteiger partial charge in [0, 0.05) is 5.56 Å². The van der Waals surface area contributed by atoms with Crippen LogP contribution in [0.5, 0.6) is 0 Å². The number of benzene rings is 1. The monoisotopic (exact) mass is 190 g/mol. The Bertz CT molecular complexity index is 310. The van der Waals surface area contributed by atoms with E-state index in [1.165, 1.54) is 6.92 Å². The van der Waals surface area contributed by atoms with Gasteiger partial charge >= 0.3 is 0 Å². The zero-order chi connectivity index (χ0) is 10.1. The zero-order valence-electron chi connectivity index (χ0n) is 7.02. The van der Waals surface area contributed by atoms with Crippen LogP contribution in [0.2, 0.25) is 0 Å². The Morgan fingerprint density at radius 2 is 2.00 bits per heavy atom. The first-order valence-corrected chi connectivity index (χ1v) is 3.72. The second-order valence-corrected chi connectivity index (χ2v) is 2.83. The van der Waals surface area contributed by atoms with Gasteiger partial charge in [-0.1, -0.05) is 6.07 Å². The van der Waals surface area contributed by atoms with E-state index in [-0.39, 0.29) is 11.1 Å². The van der Waals surface area contributed by atoms with E-state index < -0.39 is 18.3 Å². The Labute approximate surface area is 73.8 Å². The molecule has 0 amide bonds. The lowest BCUT2D eigenvalue weighted by Crippen LogP contribution is -2.18. The van der Waals surface area contributed by atoms with E-state index in [4.69, 9.17) is 5.11 Å². The number of aliphatic hydroxyl groups excluding tert-OH is 1. The van der Waals surface area contributed by atoms with E-state index in [0.29, 0.717) is 0 Å². The molecule has 0 saturated carbocycles. The third-order valence-electron chi connectivity index (χ3n) is 1.78. The van der Waals surface area contributed by atoms with E-state index in [9.17, 15) is 13.2 Å². The van der Waals surface area contributed by atoms with Crippen LogP contribution in [0, 0.1) is 12.7 Å². The van der Waals surface area contributed by atoms with Crippen LogP contribution in [0.4, 0.5) is 13.2 Å². The minimum absolute atomic E-state index is 0.144. The summed E-state index contributed by atoms with van der Waals surface area (Å²) in [6.07, 6.45) is 0. The second kappa shape index (κ2) is 3.38. The predicted molar refractivity (Wildman–Crippen MR) is 42.1 cm³/mol. The summed E-state index contributed by atoms with van der Waals surface area (Å²) >= 11 is 0.